The first-order valence-corrected chi connectivity index (χ1v) is 8.64. The van der Waals surface area contributed by atoms with Crippen LogP contribution in [0, 0.1) is 0 Å². The second-order valence-electron chi connectivity index (χ2n) is 6.36. The van der Waals surface area contributed by atoms with E-state index in [9.17, 15) is 0 Å². The van der Waals surface area contributed by atoms with Crippen molar-refractivity contribution in [1.82, 2.24) is 10.2 Å². The molecule has 3 N–H and O–H groups in total. The summed E-state index contributed by atoms with van der Waals surface area (Å²) in [5.41, 5.74) is 7.03. The predicted molar refractivity (Wildman–Crippen MR) is 96.1 cm³/mol. The standard InChI is InChI=1S/C18H30N4O/c1-15(2)21-18(19)20-10-9-16-5-7-17(8-6-16)23-14-13-22-11-3-4-12-22/h5-8,15H,3-4,9-14H2,1-2H3,(H3,19,20,21). The van der Waals surface area contributed by atoms with Gasteiger partial charge >= 0.3 is 0 Å². The van der Waals surface area contributed by atoms with E-state index in [1.807, 2.05) is 26.0 Å². The van der Waals surface area contributed by atoms with Crippen molar-refractivity contribution in [3.8, 4) is 5.75 Å². The van der Waals surface area contributed by atoms with E-state index >= 15 is 0 Å². The molecule has 1 saturated heterocycles. The summed E-state index contributed by atoms with van der Waals surface area (Å²) in [6, 6.07) is 8.60. The lowest BCUT2D eigenvalue weighted by atomic mass is 10.1. The molecule has 0 spiro atoms. The normalized spacial score (nSPS) is 16.0. The Morgan fingerprint density at radius 1 is 1.26 bits per heavy atom. The highest BCUT2D eigenvalue weighted by Crippen LogP contribution is 2.13. The maximum atomic E-state index is 5.81. The minimum Gasteiger partial charge on any atom is -0.492 e. The number of nitrogens with one attached hydrogen (secondary N) is 1. The molecule has 0 saturated carbocycles. The van der Waals surface area contributed by atoms with Gasteiger partial charge in [-0.15, -0.1) is 0 Å². The topological polar surface area (TPSA) is 62.9 Å². The number of nitrogens with zero attached hydrogens (tertiary/aromatic N) is 2. The lowest BCUT2D eigenvalue weighted by Crippen LogP contribution is -2.36. The number of guanidine groups is 1. The minimum atomic E-state index is 0.316. The monoisotopic (exact) mass is 318 g/mol. The summed E-state index contributed by atoms with van der Waals surface area (Å²) in [5.74, 6) is 1.46. The minimum absolute atomic E-state index is 0.316. The molecule has 1 aliphatic heterocycles. The molecule has 1 aromatic carbocycles. The Balaban J connectivity index is 1.67. The first-order chi connectivity index (χ1) is 11.1. The Bertz CT molecular complexity index is 478. The molecule has 128 valence electrons. The van der Waals surface area contributed by atoms with E-state index < -0.39 is 0 Å². The fraction of sp³-hybridized carbons (Fsp3) is 0.611. The lowest BCUT2D eigenvalue weighted by Gasteiger charge is -2.15. The molecule has 0 unspecified atom stereocenters. The number of hydrogen-bond donors (Lipinski definition) is 2. The van der Waals surface area contributed by atoms with Crippen LogP contribution in [0.2, 0.25) is 0 Å². The number of ether oxygens (including phenoxy) is 1. The van der Waals surface area contributed by atoms with E-state index in [-0.39, 0.29) is 0 Å². The van der Waals surface area contributed by atoms with Crippen LogP contribution < -0.4 is 15.8 Å². The van der Waals surface area contributed by atoms with E-state index in [1.165, 1.54) is 31.5 Å². The van der Waals surface area contributed by atoms with Crippen molar-refractivity contribution in [3.63, 3.8) is 0 Å². The Morgan fingerprint density at radius 3 is 2.61 bits per heavy atom. The van der Waals surface area contributed by atoms with Gasteiger partial charge in [0, 0.05) is 19.1 Å². The van der Waals surface area contributed by atoms with Gasteiger partial charge < -0.3 is 15.8 Å². The summed E-state index contributed by atoms with van der Waals surface area (Å²) >= 11 is 0. The van der Waals surface area contributed by atoms with Crippen molar-refractivity contribution < 1.29 is 4.74 Å². The molecule has 5 heteroatoms. The molecule has 1 heterocycles. The molecule has 0 radical (unpaired) electrons. The summed E-state index contributed by atoms with van der Waals surface area (Å²) in [6.07, 6.45) is 3.54. The van der Waals surface area contributed by atoms with Crippen molar-refractivity contribution in [2.45, 2.75) is 39.2 Å². The molecule has 0 aliphatic carbocycles. The zero-order chi connectivity index (χ0) is 16.5. The average Bonchev–Trinajstić information content (AvgIpc) is 3.01. The van der Waals surface area contributed by atoms with Crippen LogP contribution in [0.15, 0.2) is 29.3 Å². The number of aliphatic imine (C=N–C) groups is 1. The first kappa shape index (κ1) is 17.6. The summed E-state index contributed by atoms with van der Waals surface area (Å²) in [5, 5.41) is 3.09. The van der Waals surface area contributed by atoms with Gasteiger partial charge in [-0.25, -0.2) is 0 Å². The molecule has 0 amide bonds. The van der Waals surface area contributed by atoms with Crippen LogP contribution in [0.5, 0.6) is 5.75 Å². The van der Waals surface area contributed by atoms with E-state index in [1.54, 1.807) is 0 Å². The van der Waals surface area contributed by atoms with Gasteiger partial charge in [0.15, 0.2) is 5.96 Å². The Morgan fingerprint density at radius 2 is 1.96 bits per heavy atom. The van der Waals surface area contributed by atoms with Gasteiger partial charge in [0.25, 0.3) is 0 Å². The smallest absolute Gasteiger partial charge is 0.188 e. The molecule has 1 aromatic rings. The Kier molecular flexibility index (Phi) is 7.20. The van der Waals surface area contributed by atoms with Crippen molar-refractivity contribution in [1.29, 1.82) is 0 Å². The third-order valence-corrected chi connectivity index (χ3v) is 3.92. The second kappa shape index (κ2) is 9.40. The van der Waals surface area contributed by atoms with Crippen LogP contribution in [-0.4, -0.2) is 49.7 Å². The molecule has 2 rings (SSSR count). The van der Waals surface area contributed by atoms with Gasteiger partial charge in [-0.05, 0) is 63.9 Å². The van der Waals surface area contributed by atoms with Crippen LogP contribution in [0.1, 0.15) is 32.3 Å². The van der Waals surface area contributed by atoms with E-state index in [0.29, 0.717) is 18.5 Å². The maximum absolute atomic E-state index is 5.81. The summed E-state index contributed by atoms with van der Waals surface area (Å²) in [7, 11) is 0. The number of nitrogens with two attached hydrogens (primary N) is 1. The van der Waals surface area contributed by atoms with E-state index in [2.05, 4.69) is 27.3 Å². The Hall–Kier alpha value is -1.75. The quantitative estimate of drug-likeness (QED) is 0.568. The maximum Gasteiger partial charge on any atom is 0.188 e. The zero-order valence-corrected chi connectivity index (χ0v) is 14.4. The fourth-order valence-electron chi connectivity index (χ4n) is 2.70. The average molecular weight is 318 g/mol. The van der Waals surface area contributed by atoms with Gasteiger partial charge in [-0.2, -0.15) is 0 Å². The molecule has 0 atom stereocenters. The zero-order valence-electron chi connectivity index (χ0n) is 14.4. The van der Waals surface area contributed by atoms with Crippen LogP contribution in [0.4, 0.5) is 0 Å². The van der Waals surface area contributed by atoms with Gasteiger partial charge in [-0.1, -0.05) is 12.1 Å². The lowest BCUT2D eigenvalue weighted by molar-refractivity contribution is 0.238. The van der Waals surface area contributed by atoms with Crippen LogP contribution in [0.25, 0.3) is 0 Å². The molecule has 5 nitrogen and oxygen atoms in total. The molecular weight excluding hydrogens is 288 g/mol. The highest BCUT2D eigenvalue weighted by atomic mass is 16.5. The summed E-state index contributed by atoms with van der Waals surface area (Å²) < 4.78 is 5.81. The fourth-order valence-corrected chi connectivity index (χ4v) is 2.70. The molecule has 1 aliphatic rings. The SMILES string of the molecule is CC(C)NC(N)=NCCc1ccc(OCCN2CCCC2)cc1. The third kappa shape index (κ3) is 6.91. The molecule has 0 bridgehead atoms. The Labute approximate surface area is 139 Å². The highest BCUT2D eigenvalue weighted by molar-refractivity contribution is 5.78. The molecular formula is C18H30N4O. The predicted octanol–water partition coefficient (Wildman–Crippen LogP) is 2.02. The van der Waals surface area contributed by atoms with Crippen LogP contribution in [0.3, 0.4) is 0 Å². The van der Waals surface area contributed by atoms with Gasteiger partial charge in [0.2, 0.25) is 0 Å². The molecule has 0 aromatic heterocycles. The number of likely N-dealkylation sites (tertiary alicyclic amines) is 1. The van der Waals surface area contributed by atoms with E-state index in [0.717, 1.165) is 25.3 Å². The van der Waals surface area contributed by atoms with E-state index in [4.69, 9.17) is 10.5 Å². The van der Waals surface area contributed by atoms with Crippen molar-refractivity contribution in [2.24, 2.45) is 10.7 Å². The highest BCUT2D eigenvalue weighted by Gasteiger charge is 2.10. The number of rotatable bonds is 8. The molecule has 1 fully saturated rings. The van der Waals surface area contributed by atoms with Crippen LogP contribution >= 0.6 is 0 Å². The third-order valence-electron chi connectivity index (χ3n) is 3.92. The van der Waals surface area contributed by atoms with Crippen molar-refractivity contribution in [3.05, 3.63) is 29.8 Å². The van der Waals surface area contributed by atoms with Crippen LogP contribution in [-0.2, 0) is 6.42 Å². The van der Waals surface area contributed by atoms with Gasteiger partial charge in [0.1, 0.15) is 12.4 Å². The number of hydrogen-bond acceptors (Lipinski definition) is 3. The number of benzene rings is 1. The van der Waals surface area contributed by atoms with Crippen molar-refractivity contribution in [2.75, 3.05) is 32.8 Å². The van der Waals surface area contributed by atoms with Crippen molar-refractivity contribution >= 4 is 5.96 Å². The molecule has 23 heavy (non-hydrogen) atoms. The second-order valence-corrected chi connectivity index (χ2v) is 6.36. The first-order valence-electron chi connectivity index (χ1n) is 8.64. The van der Waals surface area contributed by atoms with Gasteiger partial charge in [-0.3, -0.25) is 9.89 Å². The summed E-state index contributed by atoms with van der Waals surface area (Å²) in [4.78, 5) is 6.78. The van der Waals surface area contributed by atoms with Gasteiger partial charge in [0.05, 0.1) is 0 Å². The summed E-state index contributed by atoms with van der Waals surface area (Å²) in [6.45, 7) is 9.02. The largest absolute Gasteiger partial charge is 0.492 e.